The van der Waals surface area contributed by atoms with Gasteiger partial charge in [0.1, 0.15) is 87.9 Å². The second kappa shape index (κ2) is 47.6. The van der Waals surface area contributed by atoms with Crippen molar-refractivity contribution in [3.8, 4) is 17.2 Å². The first-order valence-electron chi connectivity index (χ1n) is 48.3. The molecule has 0 aliphatic carbocycles. The second-order valence-corrected chi connectivity index (χ2v) is 43.7. The Hall–Kier alpha value is -12.2. The SMILES string of the molecule is COCCN(CCCOc1ccc2c(Nc3cc(CC(=O)Nc4cccc(F)c4)[nH]n3)ncnc2c1)CC(OP(=O)(OC(CN(CCCOc1ccc2c(Nc3cc(CC(=O)Nc4cccc(F)c4)[nH]n3)ncnc2c1)CCOC)(C(C)(C)C)C(C)(C)C)OC(CN(CCCOc1ccc2c(Nc3cc(CC(=O)Nc4cccc(F)c4)[nH]n3)ncnc2c1)CCOC)(C(C)(C)C)C(C)(C)C)(C(C)(C)C)C(C)(C)C. The maximum atomic E-state index is 18.9. The number of benzene rings is 6. The third-order valence-corrected chi connectivity index (χ3v) is 27.3. The molecule has 0 bridgehead atoms. The summed E-state index contributed by atoms with van der Waals surface area (Å²) in [7, 11) is -0.149. The van der Waals surface area contributed by atoms with Gasteiger partial charge in [-0.2, -0.15) is 15.3 Å². The van der Waals surface area contributed by atoms with Crippen LogP contribution in [-0.2, 0) is 66.0 Å². The molecule has 6 aromatic heterocycles. The number of carbonyl (C=O) groups excluding carboxylic acids is 3. The number of ether oxygens (including phenoxy) is 6. The van der Waals surface area contributed by atoms with E-state index in [0.29, 0.717) is 217 Å². The Morgan fingerprint density at radius 2 is 0.608 bits per heavy atom. The number of phosphoric acid groups is 1. The highest BCUT2D eigenvalue weighted by Crippen LogP contribution is 2.70. The van der Waals surface area contributed by atoms with Crippen molar-refractivity contribution < 1.29 is 74.1 Å². The van der Waals surface area contributed by atoms with Crippen molar-refractivity contribution in [3.63, 3.8) is 0 Å². The number of aromatic amines is 3. The lowest BCUT2D eigenvalue weighted by atomic mass is 9.62. The zero-order valence-corrected chi connectivity index (χ0v) is 87.1. The number of phosphoric ester groups is 1. The molecule has 6 heterocycles. The molecule has 38 heteroatoms. The molecule has 12 aromatic rings. The van der Waals surface area contributed by atoms with Gasteiger partial charge in [-0.25, -0.2) is 47.6 Å². The van der Waals surface area contributed by atoms with Gasteiger partial charge in [0.05, 0.1) is 75.5 Å². The number of anilines is 9. The van der Waals surface area contributed by atoms with E-state index in [0.717, 1.165) is 0 Å². The Morgan fingerprint density at radius 3 is 0.853 bits per heavy atom. The number of fused-ring (bicyclic) bond motifs is 3. The summed E-state index contributed by atoms with van der Waals surface area (Å²) in [4.78, 5) is 73.2. The van der Waals surface area contributed by atoms with Gasteiger partial charge in [0, 0.05) is 167 Å². The first-order valence-corrected chi connectivity index (χ1v) is 49.7. The Balaban J connectivity index is 0.818. The fourth-order valence-corrected chi connectivity index (χ4v) is 21.7. The summed E-state index contributed by atoms with van der Waals surface area (Å²) in [5, 5.41) is 41.9. The fraction of sp³-hybridized carbons (Fsp3) is 0.486. The maximum absolute atomic E-state index is 18.9. The Kier molecular flexibility index (Phi) is 36.5. The topological polar surface area (TPSA) is 397 Å². The van der Waals surface area contributed by atoms with E-state index in [1.807, 2.05) is 54.6 Å². The summed E-state index contributed by atoms with van der Waals surface area (Å²) < 4.78 is 123. The van der Waals surface area contributed by atoms with E-state index >= 15 is 4.57 Å². The smallest absolute Gasteiger partial charge is 0.476 e. The maximum Gasteiger partial charge on any atom is 0.476 e. The summed E-state index contributed by atoms with van der Waals surface area (Å²) in [6, 6.07) is 39.0. The van der Waals surface area contributed by atoms with Crippen LogP contribution in [0.2, 0.25) is 0 Å². The summed E-state index contributed by atoms with van der Waals surface area (Å²) in [6.07, 6.45) is 5.84. The molecule has 0 saturated heterocycles. The van der Waals surface area contributed by atoms with Crippen LogP contribution in [-0.4, -0.2) is 230 Å². The molecule has 3 amide bonds. The average molecular weight is 1990 g/mol. The molecule has 9 N–H and O–H groups in total. The van der Waals surface area contributed by atoms with Crippen molar-refractivity contribution in [2.75, 3.05) is 152 Å². The molecule has 0 atom stereocenters. The van der Waals surface area contributed by atoms with E-state index in [-0.39, 0.29) is 56.6 Å². The molecule has 770 valence electrons. The van der Waals surface area contributed by atoms with Gasteiger partial charge in [-0.1, -0.05) is 143 Å². The van der Waals surface area contributed by atoms with Gasteiger partial charge in [-0.05, 0) is 143 Å². The van der Waals surface area contributed by atoms with E-state index in [9.17, 15) is 27.6 Å². The molecule has 0 spiro atoms. The van der Waals surface area contributed by atoms with Crippen molar-refractivity contribution in [3.05, 3.63) is 199 Å². The second-order valence-electron chi connectivity index (χ2n) is 42.2. The normalized spacial score (nSPS) is 12.8. The van der Waals surface area contributed by atoms with Crippen molar-refractivity contribution in [1.82, 2.24) is 75.2 Å². The standard InChI is InChI=1S/C105H141F3N21O13P/c1-97(2,3)103(98(4,5)6,64-127(43-49-134-19)40-25-46-137-79-34-37-82-85(61-79)109-67-112-94(82)118-88-55-76(121-124-88)58-91(130)115-73-31-22-28-70(106)52-73)140-143(133,141-104(99(7,8)9,100(10,11)12)65-128(44-50-135-20)41-26-47-138-80-35-38-83-86(62-80)110-68-113-95(83)119-89-56-77(122-125-89)59-92(131)116-74-32-23-29-71(107)53-74)142-105(101(13,14)15,102(16,17)18)66-129(45-51-136-21)42-27-48-139-81-36-39-84-87(63-81)111-69-114-96(84)120-90-57-78(123-126-90)60-93(132)117-75-33-24-30-72(108)54-75/h22-24,28-39,52-57,61-63,67-69H,25-27,40-51,58-60,64-66H2,1-21H3,(H,115,130)(H,116,131)(H,117,132)(H2,109,112,118,121,124)(H2,110,113,119,122,125)(H2,111,114,120,123,126). The highest BCUT2D eigenvalue weighted by molar-refractivity contribution is 7.48. The number of nitrogens with zero attached hydrogens (tertiary/aromatic N) is 12. The minimum absolute atomic E-state index is 0.0381. The molecule has 0 aliphatic heterocycles. The molecule has 34 nitrogen and oxygen atoms in total. The van der Waals surface area contributed by atoms with Crippen molar-refractivity contribution >= 4 is 110 Å². The number of nitrogens with one attached hydrogen (secondary N) is 9. The van der Waals surface area contributed by atoms with Gasteiger partial charge in [0.15, 0.2) is 17.5 Å². The number of carbonyl (C=O) groups is 3. The van der Waals surface area contributed by atoms with E-state index in [2.05, 4.69) is 232 Å². The number of H-pyrrole nitrogens is 3. The fourth-order valence-electron chi connectivity index (χ4n) is 18.6. The molecule has 143 heavy (non-hydrogen) atoms. The molecule has 0 aliphatic rings. The summed E-state index contributed by atoms with van der Waals surface area (Å²) >= 11 is 0. The molecule has 6 aromatic carbocycles. The lowest BCUT2D eigenvalue weighted by Gasteiger charge is -2.60. The summed E-state index contributed by atoms with van der Waals surface area (Å²) in [5.41, 5.74) is -4.85. The number of hydrogen-bond donors (Lipinski definition) is 9. The highest BCUT2D eigenvalue weighted by Gasteiger charge is 2.66. The van der Waals surface area contributed by atoms with E-state index in [1.54, 1.807) is 57.7 Å². The number of methoxy groups -OCH3 is 3. The van der Waals surface area contributed by atoms with Crippen LogP contribution in [0.5, 0.6) is 17.2 Å². The summed E-state index contributed by atoms with van der Waals surface area (Å²) in [6.45, 7) is 43.7. The summed E-state index contributed by atoms with van der Waals surface area (Å²) in [5.74, 6) is 2.00. The molecule has 0 fully saturated rings. The minimum atomic E-state index is -5.19. The predicted molar refractivity (Wildman–Crippen MR) is 551 cm³/mol. The quantitative estimate of drug-likeness (QED) is 0.0126. The molecule has 12 rings (SSSR count). The van der Waals surface area contributed by atoms with Crippen molar-refractivity contribution in [1.29, 1.82) is 0 Å². The Bertz CT molecular complexity index is 5670. The molecule has 0 unspecified atom stereocenters. The number of aromatic nitrogens is 12. The van der Waals surface area contributed by atoms with Crippen LogP contribution in [0.4, 0.5) is 65.1 Å². The van der Waals surface area contributed by atoms with Crippen LogP contribution >= 0.6 is 7.82 Å². The van der Waals surface area contributed by atoms with Crippen LogP contribution in [0.1, 0.15) is 161 Å². The van der Waals surface area contributed by atoms with Crippen molar-refractivity contribution in [2.45, 2.75) is 180 Å². The van der Waals surface area contributed by atoms with E-state index < -0.39 is 74.6 Å². The largest absolute Gasteiger partial charge is 0.493 e. The lowest BCUT2D eigenvalue weighted by Crippen LogP contribution is -2.65. The lowest BCUT2D eigenvalue weighted by molar-refractivity contribution is -0.212. The van der Waals surface area contributed by atoms with Crippen LogP contribution in [0.3, 0.4) is 0 Å². The third-order valence-electron chi connectivity index (χ3n) is 25.7. The average Bonchev–Trinajstić information content (AvgIpc) is 0.749. The van der Waals surface area contributed by atoms with Crippen LogP contribution < -0.4 is 46.1 Å². The monoisotopic (exact) mass is 1990 g/mol. The molecule has 0 radical (unpaired) electrons. The van der Waals surface area contributed by atoms with Gasteiger partial charge < -0.3 is 60.3 Å². The van der Waals surface area contributed by atoms with E-state index in [1.165, 1.54) is 73.6 Å². The van der Waals surface area contributed by atoms with Crippen molar-refractivity contribution in [2.24, 2.45) is 32.5 Å². The Labute approximate surface area is 835 Å². The molecular weight excluding hydrogens is 1850 g/mol. The third kappa shape index (κ3) is 29.1. The first-order chi connectivity index (χ1) is 67.7. The zero-order chi connectivity index (χ0) is 103. The van der Waals surface area contributed by atoms with Crippen LogP contribution in [0.25, 0.3) is 32.7 Å². The minimum Gasteiger partial charge on any atom is -0.493 e. The zero-order valence-electron chi connectivity index (χ0n) is 86.2. The number of hydrogen-bond acceptors (Lipinski definition) is 28. The van der Waals surface area contributed by atoms with Crippen LogP contribution in [0.15, 0.2) is 165 Å². The first kappa shape index (κ1) is 110. The number of halogens is 3. The van der Waals surface area contributed by atoms with Gasteiger partial charge >= 0.3 is 7.82 Å². The van der Waals surface area contributed by atoms with Crippen LogP contribution in [0, 0.1) is 49.9 Å². The molecule has 0 saturated carbocycles. The van der Waals surface area contributed by atoms with Gasteiger partial charge in [-0.15, -0.1) is 0 Å². The Morgan fingerprint density at radius 1 is 0.343 bits per heavy atom. The van der Waals surface area contributed by atoms with E-state index in [4.69, 9.17) is 42.0 Å². The number of rotatable bonds is 51. The van der Waals surface area contributed by atoms with Gasteiger partial charge in [-0.3, -0.25) is 58.0 Å². The van der Waals surface area contributed by atoms with Gasteiger partial charge in [0.2, 0.25) is 17.7 Å². The highest BCUT2D eigenvalue weighted by atomic mass is 31.2. The van der Waals surface area contributed by atoms with Gasteiger partial charge in [0.25, 0.3) is 0 Å². The number of amides is 3. The molecular formula is C105H141F3N21O13P. The predicted octanol–water partition coefficient (Wildman–Crippen LogP) is 20.1.